The molecule has 0 saturated carbocycles. The number of benzene rings is 2. The van der Waals surface area contributed by atoms with Crippen LogP contribution in [-0.4, -0.2) is 51.6 Å². The van der Waals surface area contributed by atoms with E-state index >= 15 is 0 Å². The first kappa shape index (κ1) is 29.7. The van der Waals surface area contributed by atoms with E-state index in [9.17, 15) is 19.7 Å². The second kappa shape index (κ2) is 13.8. The van der Waals surface area contributed by atoms with Crippen LogP contribution in [0.5, 0.6) is 0 Å². The molecule has 14 heteroatoms. The van der Waals surface area contributed by atoms with Gasteiger partial charge in [-0.05, 0) is 39.3 Å². The van der Waals surface area contributed by atoms with Crippen LogP contribution in [0.3, 0.4) is 0 Å². The number of carbonyl (C=O) groups excluding carboxylic acids is 2. The van der Waals surface area contributed by atoms with Crippen LogP contribution in [0.15, 0.2) is 62.9 Å². The van der Waals surface area contributed by atoms with Gasteiger partial charge in [-0.1, -0.05) is 59.5 Å². The number of ether oxygens (including phenoxy) is 2. The minimum Gasteiger partial charge on any atom is -0.444 e. The molecule has 0 bridgehead atoms. The zero-order chi connectivity index (χ0) is 28.4. The van der Waals surface area contributed by atoms with E-state index in [1.807, 2.05) is 30.3 Å². The molecule has 206 valence electrons. The Morgan fingerprint density at radius 1 is 1.21 bits per heavy atom. The van der Waals surface area contributed by atoms with Gasteiger partial charge in [-0.3, -0.25) is 14.9 Å². The van der Waals surface area contributed by atoms with Gasteiger partial charge in [-0.15, -0.1) is 10.2 Å². The van der Waals surface area contributed by atoms with Crippen LogP contribution in [0.4, 0.5) is 10.5 Å². The molecule has 0 aliphatic rings. The van der Waals surface area contributed by atoms with Crippen molar-refractivity contribution in [3.63, 3.8) is 0 Å². The lowest BCUT2D eigenvalue weighted by Crippen LogP contribution is -2.49. The number of hydrogen-bond acceptors (Lipinski definition) is 11. The summed E-state index contributed by atoms with van der Waals surface area (Å²) < 4.78 is 11.5. The molecule has 2 aromatic carbocycles. The molecule has 0 aliphatic heterocycles. The maximum atomic E-state index is 12.8. The lowest BCUT2D eigenvalue weighted by Gasteiger charge is -2.22. The molecule has 1 atom stereocenters. The van der Waals surface area contributed by atoms with Gasteiger partial charge >= 0.3 is 6.09 Å². The smallest absolute Gasteiger partial charge is 0.408 e. The number of rotatable bonds is 11. The predicted octanol–water partition coefficient (Wildman–Crippen LogP) is 4.47. The van der Waals surface area contributed by atoms with E-state index in [0.29, 0.717) is 14.8 Å². The Bertz CT molecular complexity index is 1330. The zero-order valence-electron chi connectivity index (χ0n) is 21.7. The average molecular weight is 573 g/mol. The van der Waals surface area contributed by atoms with Gasteiger partial charge in [0.05, 0.1) is 29.2 Å². The number of alkyl carbamates (subject to hydrolysis) is 1. The second-order valence-electron chi connectivity index (χ2n) is 9.11. The quantitative estimate of drug-likeness (QED) is 0.192. The molecule has 0 radical (unpaired) electrons. The topological polar surface area (TPSA) is 158 Å². The molecule has 3 rings (SSSR count). The monoisotopic (exact) mass is 572 g/mol. The van der Waals surface area contributed by atoms with Crippen LogP contribution in [0, 0.1) is 17.0 Å². The van der Waals surface area contributed by atoms with Crippen LogP contribution in [0.1, 0.15) is 36.9 Å². The van der Waals surface area contributed by atoms with E-state index < -0.39 is 28.6 Å². The summed E-state index contributed by atoms with van der Waals surface area (Å²) in [5.74, 6) is -0.654. The van der Waals surface area contributed by atoms with Gasteiger partial charge in [-0.2, -0.15) is 5.10 Å². The fourth-order valence-electron chi connectivity index (χ4n) is 3.01. The fourth-order valence-corrected chi connectivity index (χ4v) is 4.87. The third-order valence-electron chi connectivity index (χ3n) is 4.68. The molecule has 0 spiro atoms. The molecule has 12 nitrogen and oxygen atoms in total. The number of amides is 2. The van der Waals surface area contributed by atoms with Gasteiger partial charge < -0.3 is 14.8 Å². The summed E-state index contributed by atoms with van der Waals surface area (Å²) in [7, 11) is 0. The van der Waals surface area contributed by atoms with Gasteiger partial charge in [-0.25, -0.2) is 10.2 Å². The van der Waals surface area contributed by atoms with Gasteiger partial charge in [0.15, 0.2) is 4.34 Å². The first-order chi connectivity index (χ1) is 18.5. The van der Waals surface area contributed by atoms with E-state index in [2.05, 4.69) is 26.0 Å². The first-order valence-corrected chi connectivity index (χ1v) is 13.3. The highest BCUT2D eigenvalue weighted by atomic mass is 32.2. The lowest BCUT2D eigenvalue weighted by atomic mass is 10.2. The van der Waals surface area contributed by atoms with Crippen molar-refractivity contribution < 1.29 is 24.0 Å². The van der Waals surface area contributed by atoms with Crippen molar-refractivity contribution in [1.29, 1.82) is 0 Å². The summed E-state index contributed by atoms with van der Waals surface area (Å²) in [6.45, 7) is 7.00. The molecule has 1 heterocycles. The van der Waals surface area contributed by atoms with Crippen molar-refractivity contribution in [2.75, 3.05) is 6.61 Å². The Balaban J connectivity index is 1.66. The summed E-state index contributed by atoms with van der Waals surface area (Å²) in [6.07, 6.45) is 0.480. The summed E-state index contributed by atoms with van der Waals surface area (Å²) in [4.78, 5) is 36.6. The van der Waals surface area contributed by atoms with Crippen LogP contribution in [0.2, 0.25) is 0 Å². The Labute approximate surface area is 233 Å². The molecule has 1 aromatic heterocycles. The summed E-state index contributed by atoms with van der Waals surface area (Å²) >= 11 is 2.48. The van der Waals surface area contributed by atoms with Crippen LogP contribution < -0.4 is 10.7 Å². The zero-order valence-corrected chi connectivity index (χ0v) is 23.4. The van der Waals surface area contributed by atoms with E-state index in [1.165, 1.54) is 23.6 Å². The number of nitro benzene ring substituents is 1. The van der Waals surface area contributed by atoms with Gasteiger partial charge in [0.25, 0.3) is 11.6 Å². The van der Waals surface area contributed by atoms with Crippen molar-refractivity contribution in [1.82, 2.24) is 20.9 Å². The summed E-state index contributed by atoms with van der Waals surface area (Å²) in [6, 6.07) is 12.8. The van der Waals surface area contributed by atoms with Crippen molar-refractivity contribution in [3.05, 3.63) is 74.8 Å². The number of aryl methyl sites for hydroxylation is 1. The number of nitro groups is 1. The molecular formula is C25H28N6O6S2. The van der Waals surface area contributed by atoms with Crippen LogP contribution in [0.25, 0.3) is 0 Å². The normalized spacial score (nSPS) is 12.2. The van der Waals surface area contributed by atoms with E-state index in [4.69, 9.17) is 9.47 Å². The lowest BCUT2D eigenvalue weighted by molar-refractivity contribution is -0.387. The molecule has 39 heavy (non-hydrogen) atoms. The molecule has 0 fully saturated rings. The van der Waals surface area contributed by atoms with Gasteiger partial charge in [0.1, 0.15) is 16.7 Å². The van der Waals surface area contributed by atoms with Crippen molar-refractivity contribution in [2.24, 2.45) is 5.10 Å². The van der Waals surface area contributed by atoms with Crippen LogP contribution in [-0.2, 0) is 20.9 Å². The number of hydrazone groups is 1. The Morgan fingerprint density at radius 2 is 1.95 bits per heavy atom. The number of nitrogens with zero attached hydrogens (tertiary/aromatic N) is 4. The number of hydrogen-bond donors (Lipinski definition) is 2. The number of nitrogens with one attached hydrogen (secondary N) is 2. The van der Waals surface area contributed by atoms with Crippen molar-refractivity contribution in [3.8, 4) is 0 Å². The van der Waals surface area contributed by atoms with Crippen molar-refractivity contribution in [2.45, 2.75) is 55.2 Å². The minimum atomic E-state index is -1.11. The maximum Gasteiger partial charge on any atom is 0.408 e. The first-order valence-electron chi connectivity index (χ1n) is 11.7. The predicted molar refractivity (Wildman–Crippen MR) is 147 cm³/mol. The molecule has 2 N–H and O–H groups in total. The third kappa shape index (κ3) is 10.1. The highest BCUT2D eigenvalue weighted by Gasteiger charge is 2.25. The summed E-state index contributed by atoms with van der Waals surface area (Å²) in [5.41, 5.74) is 2.73. The Kier molecular flexibility index (Phi) is 10.5. The number of aromatic nitrogens is 2. The molecule has 0 saturated heterocycles. The SMILES string of the molecule is Cc1nnc(Sc2ccc(/C=N\NC(=O)[C@H](COCc3ccccc3)NC(=O)OC(C)(C)C)cc2[N+](=O)[O-])s1. The minimum absolute atomic E-state index is 0.137. The second-order valence-corrected chi connectivity index (χ2v) is 11.6. The highest BCUT2D eigenvalue weighted by molar-refractivity contribution is 8.01. The number of carbonyl (C=O) groups is 2. The van der Waals surface area contributed by atoms with E-state index in [0.717, 1.165) is 22.3 Å². The fraction of sp³-hybridized carbons (Fsp3) is 0.320. The molecule has 0 unspecified atom stereocenters. The molecule has 0 aliphatic carbocycles. The highest BCUT2D eigenvalue weighted by Crippen LogP contribution is 2.36. The van der Waals surface area contributed by atoms with E-state index in [1.54, 1.807) is 39.8 Å². The average Bonchev–Trinajstić information content (AvgIpc) is 3.28. The third-order valence-corrected chi connectivity index (χ3v) is 6.63. The summed E-state index contributed by atoms with van der Waals surface area (Å²) in [5, 5.41) is 26.7. The van der Waals surface area contributed by atoms with Crippen molar-refractivity contribution >= 4 is 47.0 Å². The standard InChI is InChI=1S/C25H28N6O6S2/c1-16-28-30-24(38-16)39-21-11-10-18(12-20(21)31(34)35)13-26-29-22(32)19(27-23(33)37-25(2,3)4)15-36-14-17-8-6-5-7-9-17/h5-13,19H,14-15H2,1-4H3,(H,27,33)(H,29,32)/b26-13-/t19-/m0/s1. The Hall–Kier alpha value is -3.88. The molecular weight excluding hydrogens is 544 g/mol. The van der Waals surface area contributed by atoms with Crippen LogP contribution >= 0.6 is 23.1 Å². The van der Waals surface area contributed by atoms with E-state index in [-0.39, 0.29) is 18.9 Å². The maximum absolute atomic E-state index is 12.8. The largest absolute Gasteiger partial charge is 0.444 e. The van der Waals surface area contributed by atoms with Gasteiger partial charge in [0, 0.05) is 11.6 Å². The molecule has 3 aromatic rings. The van der Waals surface area contributed by atoms with Gasteiger partial charge in [0.2, 0.25) is 0 Å². The Morgan fingerprint density at radius 3 is 2.59 bits per heavy atom. The molecule has 2 amide bonds.